The van der Waals surface area contributed by atoms with E-state index in [1.54, 1.807) is 35.0 Å². The molecule has 2 aromatic carbocycles. The van der Waals surface area contributed by atoms with Crippen LogP contribution in [0.4, 0.5) is 5.69 Å². The fourth-order valence-corrected chi connectivity index (χ4v) is 2.65. The summed E-state index contributed by atoms with van der Waals surface area (Å²) in [5.41, 5.74) is 2.04. The summed E-state index contributed by atoms with van der Waals surface area (Å²) in [6, 6.07) is 16.2. The minimum atomic E-state index is -0.236. The van der Waals surface area contributed by atoms with Crippen molar-refractivity contribution >= 4 is 34.2 Å². The van der Waals surface area contributed by atoms with E-state index in [1.807, 2.05) is 30.3 Å². The third-order valence-electron chi connectivity index (χ3n) is 4.01. The number of fused-ring (bicyclic) bond motifs is 1. The summed E-state index contributed by atoms with van der Waals surface area (Å²) in [6.07, 6.45) is 1.95. The Bertz CT molecular complexity index is 939. The van der Waals surface area contributed by atoms with Gasteiger partial charge in [-0.15, -0.1) is 0 Å². The van der Waals surface area contributed by atoms with Crippen molar-refractivity contribution in [1.29, 1.82) is 0 Å². The summed E-state index contributed by atoms with van der Waals surface area (Å²) in [6.45, 7) is 1.49. The molecule has 0 atom stereocenters. The van der Waals surface area contributed by atoms with Crippen molar-refractivity contribution in [2.75, 3.05) is 5.32 Å². The van der Waals surface area contributed by atoms with E-state index in [4.69, 9.17) is 0 Å². The maximum Gasteiger partial charge on any atom is 0.231 e. The number of nitrogens with one attached hydrogen (secondary N) is 1. The van der Waals surface area contributed by atoms with Gasteiger partial charge in [-0.25, -0.2) is 0 Å². The molecule has 3 rings (SSSR count). The van der Waals surface area contributed by atoms with Crippen LogP contribution in [0.2, 0.25) is 0 Å². The molecule has 0 saturated carbocycles. The van der Waals surface area contributed by atoms with Gasteiger partial charge in [0, 0.05) is 35.7 Å². The molecule has 1 N–H and O–H groups in total. The van der Waals surface area contributed by atoms with Crippen LogP contribution in [0.5, 0.6) is 0 Å². The van der Waals surface area contributed by atoms with Gasteiger partial charge in [0.05, 0.1) is 5.52 Å². The van der Waals surface area contributed by atoms with Crippen LogP contribution in [0, 0.1) is 0 Å². The summed E-state index contributed by atoms with van der Waals surface area (Å²) in [5.74, 6) is -0.383. The highest BCUT2D eigenvalue weighted by atomic mass is 16.2. The lowest BCUT2D eigenvalue weighted by Gasteiger charge is -2.07. The SMILES string of the molecule is CC(=O)c1ccc(NC(=O)CCC(=O)n2ccc3ccccc32)cc1. The second-order valence-electron chi connectivity index (χ2n) is 5.82. The Morgan fingerprint density at radius 2 is 1.64 bits per heavy atom. The van der Waals surface area contributed by atoms with Crippen LogP contribution in [0.25, 0.3) is 10.9 Å². The van der Waals surface area contributed by atoms with E-state index in [2.05, 4.69) is 5.32 Å². The quantitative estimate of drug-likeness (QED) is 0.720. The van der Waals surface area contributed by atoms with Crippen molar-refractivity contribution in [3.05, 3.63) is 66.4 Å². The van der Waals surface area contributed by atoms with E-state index in [-0.39, 0.29) is 30.4 Å². The molecule has 5 nitrogen and oxygen atoms in total. The maximum atomic E-state index is 12.3. The normalized spacial score (nSPS) is 10.6. The van der Waals surface area contributed by atoms with Crippen molar-refractivity contribution in [3.63, 3.8) is 0 Å². The largest absolute Gasteiger partial charge is 0.326 e. The topological polar surface area (TPSA) is 68.2 Å². The van der Waals surface area contributed by atoms with E-state index in [0.717, 1.165) is 10.9 Å². The van der Waals surface area contributed by atoms with Crippen molar-refractivity contribution in [2.45, 2.75) is 19.8 Å². The van der Waals surface area contributed by atoms with Gasteiger partial charge in [-0.05, 0) is 43.3 Å². The zero-order chi connectivity index (χ0) is 17.8. The fraction of sp³-hybridized carbons (Fsp3) is 0.150. The van der Waals surface area contributed by atoms with Gasteiger partial charge in [0.2, 0.25) is 11.8 Å². The summed E-state index contributed by atoms with van der Waals surface area (Å²) in [4.78, 5) is 35.6. The summed E-state index contributed by atoms with van der Waals surface area (Å²) in [7, 11) is 0. The van der Waals surface area contributed by atoms with Crippen LogP contribution < -0.4 is 5.32 Å². The molecular formula is C20H18N2O3. The molecule has 1 heterocycles. The molecule has 1 amide bonds. The van der Waals surface area contributed by atoms with E-state index in [1.165, 1.54) is 6.92 Å². The third-order valence-corrected chi connectivity index (χ3v) is 4.01. The van der Waals surface area contributed by atoms with Gasteiger partial charge >= 0.3 is 0 Å². The number of amides is 1. The van der Waals surface area contributed by atoms with Crippen LogP contribution >= 0.6 is 0 Å². The molecule has 0 saturated heterocycles. The lowest BCUT2D eigenvalue weighted by atomic mass is 10.1. The van der Waals surface area contributed by atoms with Crippen molar-refractivity contribution in [1.82, 2.24) is 4.57 Å². The maximum absolute atomic E-state index is 12.3. The minimum absolute atomic E-state index is 0.0255. The minimum Gasteiger partial charge on any atom is -0.326 e. The Balaban J connectivity index is 1.58. The van der Waals surface area contributed by atoms with Crippen molar-refractivity contribution in [3.8, 4) is 0 Å². The first-order valence-corrected chi connectivity index (χ1v) is 8.05. The Hall–Kier alpha value is -3.21. The molecule has 0 fully saturated rings. The Kier molecular flexibility index (Phi) is 4.75. The van der Waals surface area contributed by atoms with E-state index in [9.17, 15) is 14.4 Å². The number of rotatable bonds is 5. The van der Waals surface area contributed by atoms with Crippen molar-refractivity contribution in [2.24, 2.45) is 0 Å². The van der Waals surface area contributed by atoms with Gasteiger partial charge in [0.15, 0.2) is 5.78 Å². The van der Waals surface area contributed by atoms with Gasteiger partial charge in [0.1, 0.15) is 0 Å². The number of carbonyl (C=O) groups excluding carboxylic acids is 3. The number of carbonyl (C=O) groups is 3. The monoisotopic (exact) mass is 334 g/mol. The average Bonchev–Trinajstić information content (AvgIpc) is 3.04. The van der Waals surface area contributed by atoms with Crippen LogP contribution in [-0.4, -0.2) is 22.2 Å². The molecule has 1 aromatic heterocycles. The second kappa shape index (κ2) is 7.13. The Morgan fingerprint density at radius 1 is 0.920 bits per heavy atom. The predicted octanol–water partition coefficient (Wildman–Crippen LogP) is 3.90. The molecule has 0 bridgehead atoms. The van der Waals surface area contributed by atoms with Crippen molar-refractivity contribution < 1.29 is 14.4 Å². The summed E-state index contributed by atoms with van der Waals surface area (Å²) >= 11 is 0. The number of para-hydroxylation sites is 1. The summed E-state index contributed by atoms with van der Waals surface area (Å²) < 4.78 is 1.57. The molecule has 0 aliphatic heterocycles. The number of ketones is 1. The van der Waals surface area contributed by atoms with Gasteiger partial charge in [-0.3, -0.25) is 19.0 Å². The van der Waals surface area contributed by atoms with Gasteiger partial charge in [-0.2, -0.15) is 0 Å². The Labute approximate surface area is 145 Å². The molecule has 0 spiro atoms. The number of benzene rings is 2. The van der Waals surface area contributed by atoms with Gasteiger partial charge in [-0.1, -0.05) is 18.2 Å². The number of anilines is 1. The molecular weight excluding hydrogens is 316 g/mol. The number of aromatic nitrogens is 1. The lowest BCUT2D eigenvalue weighted by Crippen LogP contribution is -2.16. The zero-order valence-electron chi connectivity index (χ0n) is 13.9. The first-order chi connectivity index (χ1) is 12.0. The molecule has 5 heteroatoms. The molecule has 0 aliphatic rings. The van der Waals surface area contributed by atoms with Gasteiger partial charge < -0.3 is 5.32 Å². The molecule has 126 valence electrons. The highest BCUT2D eigenvalue weighted by Gasteiger charge is 2.11. The van der Waals surface area contributed by atoms with E-state index < -0.39 is 0 Å². The van der Waals surface area contributed by atoms with Gasteiger partial charge in [0.25, 0.3) is 0 Å². The molecule has 25 heavy (non-hydrogen) atoms. The standard InChI is InChI=1S/C20H18N2O3/c1-14(23)15-6-8-17(9-7-15)21-19(24)10-11-20(25)22-13-12-16-4-2-3-5-18(16)22/h2-9,12-13H,10-11H2,1H3,(H,21,24). The smallest absolute Gasteiger partial charge is 0.231 e. The number of hydrogen-bond donors (Lipinski definition) is 1. The highest BCUT2D eigenvalue weighted by Crippen LogP contribution is 2.16. The molecule has 3 aromatic rings. The molecule has 0 aliphatic carbocycles. The van der Waals surface area contributed by atoms with Crippen LogP contribution in [0.3, 0.4) is 0 Å². The van der Waals surface area contributed by atoms with Crippen LogP contribution in [0.15, 0.2) is 60.8 Å². The first-order valence-electron chi connectivity index (χ1n) is 8.05. The Morgan fingerprint density at radius 3 is 2.36 bits per heavy atom. The predicted molar refractivity (Wildman–Crippen MR) is 96.9 cm³/mol. The lowest BCUT2D eigenvalue weighted by molar-refractivity contribution is -0.116. The van der Waals surface area contributed by atoms with Crippen LogP contribution in [0.1, 0.15) is 34.9 Å². The average molecular weight is 334 g/mol. The highest BCUT2D eigenvalue weighted by molar-refractivity contribution is 5.97. The summed E-state index contributed by atoms with van der Waals surface area (Å²) in [5, 5.41) is 3.73. The number of Topliss-reactive ketones (excluding diaryl/α,β-unsaturated/α-hetero) is 1. The zero-order valence-corrected chi connectivity index (χ0v) is 13.9. The second-order valence-corrected chi connectivity index (χ2v) is 5.82. The molecule has 0 unspecified atom stereocenters. The number of hydrogen-bond acceptors (Lipinski definition) is 3. The third kappa shape index (κ3) is 3.83. The van der Waals surface area contributed by atoms with E-state index >= 15 is 0 Å². The fourth-order valence-electron chi connectivity index (χ4n) is 2.65. The van der Waals surface area contributed by atoms with Crippen LogP contribution in [-0.2, 0) is 4.79 Å². The number of nitrogens with zero attached hydrogens (tertiary/aromatic N) is 1. The van der Waals surface area contributed by atoms with E-state index in [0.29, 0.717) is 11.3 Å². The first kappa shape index (κ1) is 16.6. The molecule has 0 radical (unpaired) electrons.